The zero-order valence-corrected chi connectivity index (χ0v) is 35.9. The molecule has 0 bridgehead atoms. The summed E-state index contributed by atoms with van der Waals surface area (Å²) in [6.07, 6.45) is 0. The Labute approximate surface area is 381 Å². The molecule has 0 spiro atoms. The number of para-hydroxylation sites is 3. The van der Waals surface area contributed by atoms with Gasteiger partial charge in [-0.15, -0.1) is 11.3 Å². The van der Waals surface area contributed by atoms with Crippen molar-refractivity contribution in [3.05, 3.63) is 206 Å². The first-order valence-corrected chi connectivity index (χ1v) is 22.8. The van der Waals surface area contributed by atoms with Gasteiger partial charge in [-0.05, 0) is 65.7 Å². The lowest BCUT2D eigenvalue weighted by Gasteiger charge is -2.14. The van der Waals surface area contributed by atoms with Gasteiger partial charge in [-0.1, -0.05) is 152 Å². The van der Waals surface area contributed by atoms with Crippen molar-refractivity contribution in [1.82, 2.24) is 29.1 Å². The Morgan fingerprint density at radius 3 is 1.73 bits per heavy atom. The Hall–Kier alpha value is -8.72. The fourth-order valence-corrected chi connectivity index (χ4v) is 10.9. The van der Waals surface area contributed by atoms with Gasteiger partial charge >= 0.3 is 0 Å². The summed E-state index contributed by atoms with van der Waals surface area (Å²) < 4.78 is 12.0. The number of rotatable bonds is 6. The van der Waals surface area contributed by atoms with Crippen LogP contribution in [0, 0.1) is 0 Å². The van der Waals surface area contributed by atoms with E-state index < -0.39 is 0 Å². The van der Waals surface area contributed by atoms with Gasteiger partial charge in [-0.25, -0.2) is 9.97 Å². The molecular weight excluding hydrogens is 829 g/mol. The van der Waals surface area contributed by atoms with Crippen LogP contribution in [-0.2, 0) is 0 Å². The summed E-state index contributed by atoms with van der Waals surface area (Å²) in [5, 5.41) is 7.73. The molecule has 0 unspecified atom stereocenters. The minimum atomic E-state index is 0.537. The normalized spacial score (nSPS) is 11.9. The van der Waals surface area contributed by atoms with Crippen molar-refractivity contribution in [2.24, 2.45) is 0 Å². The van der Waals surface area contributed by atoms with Gasteiger partial charge in [0.05, 0.1) is 32.3 Å². The fourth-order valence-electron chi connectivity index (χ4n) is 9.82. The molecule has 14 rings (SSSR count). The average molecular weight is 863 g/mol. The van der Waals surface area contributed by atoms with Gasteiger partial charge in [0.2, 0.25) is 5.95 Å². The van der Waals surface area contributed by atoms with Crippen molar-refractivity contribution < 1.29 is 4.42 Å². The van der Waals surface area contributed by atoms with E-state index in [0.29, 0.717) is 17.6 Å². The number of aromatic nitrogens is 6. The molecule has 0 fully saturated rings. The van der Waals surface area contributed by atoms with Crippen LogP contribution in [0.3, 0.4) is 0 Å². The molecule has 0 saturated carbocycles. The maximum atomic E-state index is 6.29. The van der Waals surface area contributed by atoms with E-state index in [0.717, 1.165) is 114 Å². The predicted molar refractivity (Wildman–Crippen MR) is 271 cm³/mol. The molecule has 0 aliphatic heterocycles. The Morgan fingerprint density at radius 1 is 0.379 bits per heavy atom. The zero-order valence-electron chi connectivity index (χ0n) is 35.1. The van der Waals surface area contributed by atoms with Crippen molar-refractivity contribution in [1.29, 1.82) is 0 Å². The van der Waals surface area contributed by atoms with E-state index >= 15 is 0 Å². The molecule has 5 aromatic heterocycles. The van der Waals surface area contributed by atoms with Crippen LogP contribution < -0.4 is 0 Å². The summed E-state index contributed by atoms with van der Waals surface area (Å²) in [5.41, 5.74) is 13.0. The second kappa shape index (κ2) is 14.4. The van der Waals surface area contributed by atoms with Crippen molar-refractivity contribution >= 4 is 87.1 Å². The van der Waals surface area contributed by atoms with Gasteiger partial charge in [-0.2, -0.15) is 9.97 Å². The molecule has 0 N–H and O–H groups in total. The lowest BCUT2D eigenvalue weighted by molar-refractivity contribution is 0.669. The molecule has 0 aliphatic carbocycles. The number of hydrogen-bond donors (Lipinski definition) is 0. The van der Waals surface area contributed by atoms with Gasteiger partial charge in [0.25, 0.3) is 0 Å². The van der Waals surface area contributed by atoms with E-state index in [2.05, 4.69) is 161 Å². The number of fused-ring (bicyclic) bond motifs is 11. The standard InChI is InChI=1S/C58H34N6OS/c1-3-14-36(15-4-1)55-60-56(46-21-13-22-47-54(46)66-57(59-47)37-16-5-2-6-17-37)62-58(61-55)64-49-24-11-8-19-41(49)45-33-32-44-40-18-7-10-23-48(40)63(52(44)53(45)64)39-29-26-35(27-30-39)38-28-31-43-42-20-9-12-25-50(42)65-51(43)34-38/h1-34H. The Bertz CT molecular complexity index is 4220. The van der Waals surface area contributed by atoms with Gasteiger partial charge in [0.1, 0.15) is 16.2 Å². The van der Waals surface area contributed by atoms with E-state index in [-0.39, 0.29) is 0 Å². The van der Waals surface area contributed by atoms with Crippen LogP contribution in [0.1, 0.15) is 0 Å². The monoisotopic (exact) mass is 862 g/mol. The van der Waals surface area contributed by atoms with Gasteiger partial charge in [0.15, 0.2) is 11.6 Å². The van der Waals surface area contributed by atoms with Crippen LogP contribution in [0.5, 0.6) is 0 Å². The highest BCUT2D eigenvalue weighted by atomic mass is 32.1. The third kappa shape index (κ3) is 5.62. The topological polar surface area (TPSA) is 74.6 Å². The smallest absolute Gasteiger partial charge is 0.238 e. The van der Waals surface area contributed by atoms with Crippen LogP contribution in [-0.4, -0.2) is 29.1 Å². The Kier molecular flexibility index (Phi) is 8.02. The first-order valence-electron chi connectivity index (χ1n) is 22.0. The van der Waals surface area contributed by atoms with E-state index in [4.69, 9.17) is 24.4 Å². The van der Waals surface area contributed by atoms with Gasteiger partial charge in [0, 0.05) is 54.7 Å². The quantitative estimate of drug-likeness (QED) is 0.166. The highest BCUT2D eigenvalue weighted by molar-refractivity contribution is 7.22. The molecule has 0 aliphatic rings. The van der Waals surface area contributed by atoms with E-state index in [1.54, 1.807) is 11.3 Å². The van der Waals surface area contributed by atoms with E-state index in [1.807, 2.05) is 54.6 Å². The van der Waals surface area contributed by atoms with Crippen molar-refractivity contribution in [2.75, 3.05) is 0 Å². The van der Waals surface area contributed by atoms with Crippen LogP contribution in [0.25, 0.3) is 132 Å². The van der Waals surface area contributed by atoms with E-state index in [9.17, 15) is 0 Å². The maximum absolute atomic E-state index is 6.29. The first-order chi connectivity index (χ1) is 32.7. The first kappa shape index (κ1) is 36.7. The molecule has 7 nitrogen and oxygen atoms in total. The summed E-state index contributed by atoms with van der Waals surface area (Å²) in [4.78, 5) is 21.1. The molecule has 8 heteroatoms. The van der Waals surface area contributed by atoms with Gasteiger partial charge in [-0.3, -0.25) is 4.57 Å². The average Bonchev–Trinajstić information content (AvgIpc) is 4.16. The lowest BCUT2D eigenvalue weighted by Crippen LogP contribution is -2.07. The predicted octanol–water partition coefficient (Wildman–Crippen LogP) is 15.2. The molecule has 5 heterocycles. The number of furan rings is 1. The number of benzene rings is 9. The molecular formula is C58H34N6OS. The Morgan fingerprint density at radius 2 is 0.970 bits per heavy atom. The summed E-state index contributed by atoms with van der Waals surface area (Å²) in [6.45, 7) is 0. The number of nitrogens with zero attached hydrogens (tertiary/aromatic N) is 6. The highest BCUT2D eigenvalue weighted by Crippen LogP contribution is 2.43. The summed E-state index contributed by atoms with van der Waals surface area (Å²) in [6, 6.07) is 72.1. The largest absolute Gasteiger partial charge is 0.456 e. The molecule has 0 amide bonds. The minimum Gasteiger partial charge on any atom is -0.456 e. The van der Waals surface area contributed by atoms with Crippen LogP contribution >= 0.6 is 11.3 Å². The van der Waals surface area contributed by atoms with Crippen molar-refractivity contribution in [3.8, 4) is 56.1 Å². The van der Waals surface area contributed by atoms with Crippen LogP contribution in [0.2, 0.25) is 0 Å². The second-order valence-electron chi connectivity index (χ2n) is 16.6. The fraction of sp³-hybridized carbons (Fsp3) is 0. The molecule has 9 aromatic carbocycles. The summed E-state index contributed by atoms with van der Waals surface area (Å²) >= 11 is 1.66. The number of hydrogen-bond acceptors (Lipinski definition) is 6. The third-order valence-corrected chi connectivity index (χ3v) is 14.0. The van der Waals surface area contributed by atoms with Crippen LogP contribution in [0.15, 0.2) is 211 Å². The lowest BCUT2D eigenvalue weighted by atomic mass is 10.0. The second-order valence-corrected chi connectivity index (χ2v) is 17.6. The summed E-state index contributed by atoms with van der Waals surface area (Å²) in [5.74, 6) is 1.72. The third-order valence-electron chi connectivity index (χ3n) is 12.8. The maximum Gasteiger partial charge on any atom is 0.238 e. The molecule has 0 saturated heterocycles. The van der Waals surface area contributed by atoms with Gasteiger partial charge < -0.3 is 8.98 Å². The minimum absolute atomic E-state index is 0.537. The SMILES string of the molecule is c1ccc(-c2nc(-c3cccc4nc(-c5ccccc5)sc34)nc(-n3c4ccccc4c4ccc5c6ccccc6n(-c6ccc(-c7ccc8c(c7)oc7ccccc78)cc6)c5c43)n2)cc1. The molecule has 14 aromatic rings. The molecule has 0 radical (unpaired) electrons. The molecule has 0 atom stereocenters. The number of thiazole rings is 1. The molecule has 66 heavy (non-hydrogen) atoms. The summed E-state index contributed by atoms with van der Waals surface area (Å²) in [7, 11) is 0. The van der Waals surface area contributed by atoms with Crippen molar-refractivity contribution in [3.63, 3.8) is 0 Å². The van der Waals surface area contributed by atoms with Crippen LogP contribution in [0.4, 0.5) is 0 Å². The highest BCUT2D eigenvalue weighted by Gasteiger charge is 2.24. The van der Waals surface area contributed by atoms with E-state index in [1.165, 1.54) is 0 Å². The zero-order chi connectivity index (χ0) is 43.3. The van der Waals surface area contributed by atoms with Crippen molar-refractivity contribution in [2.45, 2.75) is 0 Å². The molecule has 308 valence electrons. The Balaban J connectivity index is 1.01.